The predicted molar refractivity (Wildman–Crippen MR) is 66.0 cm³/mol. The highest BCUT2D eigenvalue weighted by Gasteiger charge is 2.20. The Labute approximate surface area is 110 Å². The summed E-state index contributed by atoms with van der Waals surface area (Å²) in [5.74, 6) is -2.23. The van der Waals surface area contributed by atoms with E-state index in [0.717, 1.165) is 20.4 Å². The molecule has 19 heavy (non-hydrogen) atoms. The highest BCUT2D eigenvalue weighted by Crippen LogP contribution is 2.01. The number of amides is 1. The van der Waals surface area contributed by atoms with E-state index in [2.05, 4.69) is 14.8 Å². The molecular weight excluding hydrogens is 250 g/mol. The van der Waals surface area contributed by atoms with Crippen LogP contribution in [0.1, 0.15) is 10.4 Å². The van der Waals surface area contributed by atoms with Crippen LogP contribution in [0.5, 0.6) is 0 Å². The second-order valence-corrected chi connectivity index (χ2v) is 3.38. The van der Waals surface area contributed by atoms with Crippen molar-refractivity contribution in [3.8, 4) is 0 Å². The number of carbonyl (C=O) groups excluding carboxylic acids is 3. The van der Waals surface area contributed by atoms with Gasteiger partial charge in [0.1, 0.15) is 0 Å². The SMILES string of the molecule is COC(=O)C(=CNC(=O)c1ccccc1)C(=O)OC. The standard InChI is InChI=1S/C13H13NO5/c1-18-12(16)10(13(17)19-2)8-14-11(15)9-6-4-3-5-7-9/h3-8H,1-2H3,(H,14,15). The number of benzene rings is 1. The van der Waals surface area contributed by atoms with Crippen LogP contribution in [0.25, 0.3) is 0 Å². The summed E-state index contributed by atoms with van der Waals surface area (Å²) in [5, 5.41) is 2.33. The van der Waals surface area contributed by atoms with Crippen molar-refractivity contribution >= 4 is 17.8 Å². The van der Waals surface area contributed by atoms with Gasteiger partial charge in [-0.1, -0.05) is 18.2 Å². The molecule has 1 aromatic rings. The molecule has 0 heterocycles. The molecule has 0 spiro atoms. The Kier molecular flexibility index (Phi) is 5.28. The van der Waals surface area contributed by atoms with Crippen LogP contribution in [0.2, 0.25) is 0 Å². The number of nitrogens with one attached hydrogen (secondary N) is 1. The number of carbonyl (C=O) groups is 3. The van der Waals surface area contributed by atoms with Gasteiger partial charge in [-0.05, 0) is 12.1 Å². The van der Waals surface area contributed by atoms with Gasteiger partial charge in [-0.15, -0.1) is 0 Å². The molecule has 0 aromatic heterocycles. The van der Waals surface area contributed by atoms with Crippen LogP contribution < -0.4 is 5.32 Å². The molecule has 1 amide bonds. The minimum absolute atomic E-state index is 0.394. The number of hydrogen-bond acceptors (Lipinski definition) is 5. The molecule has 0 aliphatic rings. The third kappa shape index (κ3) is 3.95. The van der Waals surface area contributed by atoms with E-state index in [0.29, 0.717) is 5.56 Å². The molecule has 0 bridgehead atoms. The molecule has 1 N–H and O–H groups in total. The lowest BCUT2D eigenvalue weighted by Gasteiger charge is -2.04. The lowest BCUT2D eigenvalue weighted by Crippen LogP contribution is -2.23. The number of methoxy groups -OCH3 is 2. The number of hydrogen-bond donors (Lipinski definition) is 1. The van der Waals surface area contributed by atoms with Gasteiger partial charge in [0.25, 0.3) is 5.91 Å². The van der Waals surface area contributed by atoms with E-state index < -0.39 is 23.4 Å². The second kappa shape index (κ2) is 6.95. The van der Waals surface area contributed by atoms with Crippen molar-refractivity contribution in [3.63, 3.8) is 0 Å². The van der Waals surface area contributed by atoms with Gasteiger partial charge in [0, 0.05) is 11.8 Å². The maximum atomic E-state index is 11.7. The van der Waals surface area contributed by atoms with Crippen molar-refractivity contribution in [2.45, 2.75) is 0 Å². The second-order valence-electron chi connectivity index (χ2n) is 3.38. The van der Waals surface area contributed by atoms with Crippen LogP contribution in [0.3, 0.4) is 0 Å². The zero-order valence-corrected chi connectivity index (χ0v) is 10.5. The zero-order valence-electron chi connectivity index (χ0n) is 10.5. The first-order valence-electron chi connectivity index (χ1n) is 5.33. The third-order valence-corrected chi connectivity index (χ3v) is 2.19. The Balaban J connectivity index is 2.84. The fourth-order valence-electron chi connectivity index (χ4n) is 1.23. The normalized spacial score (nSPS) is 9.16. The molecule has 1 aromatic carbocycles. The third-order valence-electron chi connectivity index (χ3n) is 2.19. The van der Waals surface area contributed by atoms with Gasteiger partial charge in [-0.3, -0.25) is 4.79 Å². The van der Waals surface area contributed by atoms with Crippen molar-refractivity contribution < 1.29 is 23.9 Å². The first kappa shape index (κ1) is 14.4. The van der Waals surface area contributed by atoms with Crippen molar-refractivity contribution in [1.82, 2.24) is 5.32 Å². The van der Waals surface area contributed by atoms with Crippen LogP contribution in [0.15, 0.2) is 42.1 Å². The molecule has 1 rings (SSSR count). The van der Waals surface area contributed by atoms with Crippen molar-refractivity contribution in [2.24, 2.45) is 0 Å². The van der Waals surface area contributed by atoms with Gasteiger partial charge < -0.3 is 14.8 Å². The summed E-state index contributed by atoms with van der Waals surface area (Å²) in [7, 11) is 2.25. The topological polar surface area (TPSA) is 81.7 Å². The summed E-state index contributed by atoms with van der Waals surface area (Å²) in [6, 6.07) is 8.35. The van der Waals surface area contributed by atoms with Crippen LogP contribution in [0.4, 0.5) is 0 Å². The maximum absolute atomic E-state index is 11.7. The zero-order chi connectivity index (χ0) is 14.3. The molecule has 0 aliphatic carbocycles. The molecule has 0 saturated carbocycles. The van der Waals surface area contributed by atoms with E-state index in [-0.39, 0.29) is 0 Å². The van der Waals surface area contributed by atoms with E-state index in [1.807, 2.05) is 0 Å². The Morgan fingerprint density at radius 2 is 1.53 bits per heavy atom. The molecule has 0 aliphatic heterocycles. The molecule has 0 saturated heterocycles. The summed E-state index contributed by atoms with van der Waals surface area (Å²) in [5.41, 5.74) is 0.00196. The predicted octanol–water partition coefficient (Wildman–Crippen LogP) is 0.646. The van der Waals surface area contributed by atoms with Crippen molar-refractivity contribution in [1.29, 1.82) is 0 Å². The molecular formula is C13H13NO5. The monoisotopic (exact) mass is 263 g/mol. The van der Waals surface area contributed by atoms with Gasteiger partial charge in [0.15, 0.2) is 5.57 Å². The fraction of sp³-hybridized carbons (Fsp3) is 0.154. The lowest BCUT2D eigenvalue weighted by atomic mass is 10.2. The molecule has 100 valence electrons. The van der Waals surface area contributed by atoms with Crippen molar-refractivity contribution in [2.75, 3.05) is 14.2 Å². The minimum Gasteiger partial charge on any atom is -0.465 e. The van der Waals surface area contributed by atoms with Gasteiger partial charge >= 0.3 is 11.9 Å². The minimum atomic E-state index is -0.889. The summed E-state index contributed by atoms with van der Waals surface area (Å²) < 4.78 is 8.83. The molecule has 0 fully saturated rings. The van der Waals surface area contributed by atoms with Gasteiger partial charge in [-0.25, -0.2) is 9.59 Å². The van der Waals surface area contributed by atoms with Crippen LogP contribution in [0, 0.1) is 0 Å². The molecule has 6 heteroatoms. The van der Waals surface area contributed by atoms with Gasteiger partial charge in [0.05, 0.1) is 14.2 Å². The van der Waals surface area contributed by atoms with E-state index >= 15 is 0 Å². The quantitative estimate of drug-likeness (QED) is 0.373. The summed E-state index contributed by atoms with van der Waals surface area (Å²) in [6.45, 7) is 0. The smallest absolute Gasteiger partial charge is 0.346 e. The first-order valence-corrected chi connectivity index (χ1v) is 5.33. The Morgan fingerprint density at radius 3 is 2.00 bits per heavy atom. The average Bonchev–Trinajstić information content (AvgIpc) is 2.47. The Bertz CT molecular complexity index is 489. The van der Waals surface area contributed by atoms with Crippen molar-refractivity contribution in [3.05, 3.63) is 47.7 Å². The highest BCUT2D eigenvalue weighted by atomic mass is 16.5. The number of esters is 2. The molecule has 0 atom stereocenters. The lowest BCUT2D eigenvalue weighted by molar-refractivity contribution is -0.144. The molecule has 0 radical (unpaired) electrons. The fourth-order valence-corrected chi connectivity index (χ4v) is 1.23. The molecule has 6 nitrogen and oxygen atoms in total. The average molecular weight is 263 g/mol. The maximum Gasteiger partial charge on any atom is 0.346 e. The first-order chi connectivity index (χ1) is 9.10. The Morgan fingerprint density at radius 1 is 1.00 bits per heavy atom. The highest BCUT2D eigenvalue weighted by molar-refractivity contribution is 6.14. The summed E-state index contributed by atoms with van der Waals surface area (Å²) in [4.78, 5) is 34.3. The van der Waals surface area contributed by atoms with E-state index in [1.54, 1.807) is 30.3 Å². The van der Waals surface area contributed by atoms with Gasteiger partial charge in [0.2, 0.25) is 0 Å². The van der Waals surface area contributed by atoms with Gasteiger partial charge in [-0.2, -0.15) is 0 Å². The number of rotatable bonds is 4. The van der Waals surface area contributed by atoms with Crippen LogP contribution in [-0.2, 0) is 19.1 Å². The number of ether oxygens (including phenoxy) is 2. The molecule has 0 unspecified atom stereocenters. The summed E-state index contributed by atoms with van der Waals surface area (Å²) in [6.07, 6.45) is 0.965. The van der Waals surface area contributed by atoms with E-state index in [4.69, 9.17) is 0 Å². The largest absolute Gasteiger partial charge is 0.465 e. The van der Waals surface area contributed by atoms with E-state index in [9.17, 15) is 14.4 Å². The van der Waals surface area contributed by atoms with E-state index in [1.165, 1.54) is 0 Å². The summed E-state index contributed by atoms with van der Waals surface area (Å²) >= 11 is 0. The Hall–Kier alpha value is -2.63. The van der Waals surface area contributed by atoms with Crippen LogP contribution >= 0.6 is 0 Å². The van der Waals surface area contributed by atoms with Crippen LogP contribution in [-0.4, -0.2) is 32.1 Å².